The van der Waals surface area contributed by atoms with Crippen molar-refractivity contribution in [3.8, 4) is 0 Å². The summed E-state index contributed by atoms with van der Waals surface area (Å²) in [5, 5.41) is 9.58. The summed E-state index contributed by atoms with van der Waals surface area (Å²) in [4.78, 5) is 10.8. The van der Waals surface area contributed by atoms with Gasteiger partial charge in [0, 0.05) is 6.42 Å². The normalized spacial score (nSPS) is 14.2. The third kappa shape index (κ3) is 9.69. The molecule has 0 heterocycles. The van der Waals surface area contributed by atoms with Crippen molar-refractivity contribution in [2.45, 2.75) is 45.0 Å². The van der Waals surface area contributed by atoms with Gasteiger partial charge in [0.15, 0.2) is 0 Å². The summed E-state index contributed by atoms with van der Waals surface area (Å²) in [6, 6.07) is 0. The maximum absolute atomic E-state index is 10.8. The molecule has 0 spiro atoms. The number of ether oxygens (including phenoxy) is 1. The molecular formula is C11H22O3Si. The van der Waals surface area contributed by atoms with Crippen LogP contribution in [0.1, 0.15) is 19.3 Å². The van der Waals surface area contributed by atoms with Gasteiger partial charge in [0.05, 0.1) is 21.3 Å². The average Bonchev–Trinajstić information content (AvgIpc) is 2.13. The molecule has 0 amide bonds. The minimum absolute atomic E-state index is 0.212. The van der Waals surface area contributed by atoms with Crippen LogP contribution in [0.4, 0.5) is 0 Å². The van der Waals surface area contributed by atoms with Gasteiger partial charge in [0.1, 0.15) is 0 Å². The maximum Gasteiger partial charge on any atom is 0.305 e. The monoisotopic (exact) mass is 230 g/mol. The van der Waals surface area contributed by atoms with Crippen LogP contribution < -0.4 is 0 Å². The van der Waals surface area contributed by atoms with Crippen molar-refractivity contribution >= 4 is 14.0 Å². The Morgan fingerprint density at radius 2 is 2.07 bits per heavy atom. The summed E-state index contributed by atoms with van der Waals surface area (Å²) < 4.78 is 4.51. The molecule has 0 radical (unpaired) electrons. The van der Waals surface area contributed by atoms with Gasteiger partial charge < -0.3 is 9.84 Å². The van der Waals surface area contributed by atoms with E-state index in [1.807, 2.05) is 6.08 Å². The Morgan fingerprint density at radius 3 is 2.53 bits per heavy atom. The Balaban J connectivity index is 3.71. The molecule has 88 valence electrons. The Morgan fingerprint density at radius 1 is 1.47 bits per heavy atom. The van der Waals surface area contributed by atoms with E-state index in [1.165, 1.54) is 7.11 Å². The Bertz CT molecular complexity index is 218. The van der Waals surface area contributed by atoms with Crippen molar-refractivity contribution in [3.05, 3.63) is 11.8 Å². The molecule has 0 saturated carbocycles. The van der Waals surface area contributed by atoms with Crippen molar-refractivity contribution in [2.24, 2.45) is 0 Å². The summed E-state index contributed by atoms with van der Waals surface area (Å²) in [7, 11) is 0.159. The van der Waals surface area contributed by atoms with Crippen LogP contribution in [0, 0.1) is 0 Å². The van der Waals surface area contributed by atoms with Crippen molar-refractivity contribution in [2.75, 3.05) is 7.11 Å². The topological polar surface area (TPSA) is 46.5 Å². The lowest BCUT2D eigenvalue weighted by molar-refractivity contribution is -0.140. The molecule has 0 aromatic heterocycles. The van der Waals surface area contributed by atoms with Crippen molar-refractivity contribution < 1.29 is 14.6 Å². The molecule has 0 aliphatic heterocycles. The van der Waals surface area contributed by atoms with Gasteiger partial charge in [-0.2, -0.15) is 0 Å². The molecule has 0 unspecified atom stereocenters. The highest BCUT2D eigenvalue weighted by Gasteiger charge is 2.09. The van der Waals surface area contributed by atoms with E-state index in [2.05, 4.69) is 30.1 Å². The standard InChI is InChI=1S/C11H22O3Si/c1-14-11(13)7-5-6-10(12)8-9-15(2,3)4/h8-10,12H,5-7H2,1-4H3/b9-8+/t10-/m1/s1. The third-order valence-electron chi connectivity index (χ3n) is 1.93. The zero-order valence-corrected chi connectivity index (χ0v) is 11.1. The first kappa shape index (κ1) is 14.4. The lowest BCUT2D eigenvalue weighted by atomic mass is 10.1. The zero-order valence-electron chi connectivity index (χ0n) is 10.1. The van der Waals surface area contributed by atoms with E-state index < -0.39 is 14.2 Å². The Hall–Kier alpha value is -0.613. The number of carbonyl (C=O) groups excluding carboxylic acids is 1. The van der Waals surface area contributed by atoms with E-state index in [-0.39, 0.29) is 5.97 Å². The number of hydrogen-bond acceptors (Lipinski definition) is 3. The highest BCUT2D eigenvalue weighted by Crippen LogP contribution is 2.07. The average molecular weight is 230 g/mol. The molecule has 1 N–H and O–H groups in total. The first-order valence-electron chi connectivity index (χ1n) is 5.29. The van der Waals surface area contributed by atoms with E-state index in [1.54, 1.807) is 0 Å². The summed E-state index contributed by atoms with van der Waals surface area (Å²) in [5.41, 5.74) is 2.12. The molecule has 0 aromatic rings. The number of carbonyl (C=O) groups is 1. The van der Waals surface area contributed by atoms with Crippen LogP contribution in [0.15, 0.2) is 11.8 Å². The van der Waals surface area contributed by atoms with Gasteiger partial charge >= 0.3 is 5.97 Å². The van der Waals surface area contributed by atoms with Crippen LogP contribution in [0.3, 0.4) is 0 Å². The molecule has 0 aliphatic carbocycles. The highest BCUT2D eigenvalue weighted by atomic mass is 28.3. The zero-order chi connectivity index (χ0) is 11.9. The predicted octanol–water partition coefficient (Wildman–Crippen LogP) is 2.12. The van der Waals surface area contributed by atoms with Gasteiger partial charge in [0.2, 0.25) is 0 Å². The molecule has 0 rings (SSSR count). The fourth-order valence-corrected chi connectivity index (χ4v) is 1.85. The van der Waals surface area contributed by atoms with Crippen molar-refractivity contribution in [1.82, 2.24) is 0 Å². The van der Waals surface area contributed by atoms with Crippen LogP contribution in [-0.4, -0.2) is 32.4 Å². The molecule has 3 nitrogen and oxygen atoms in total. The summed E-state index contributed by atoms with van der Waals surface area (Å²) in [6.45, 7) is 6.64. The molecule has 15 heavy (non-hydrogen) atoms. The molecule has 1 atom stereocenters. The molecule has 0 fully saturated rings. The SMILES string of the molecule is COC(=O)CCC[C@@H](O)/C=C/[Si](C)(C)C. The molecular weight excluding hydrogens is 208 g/mol. The van der Waals surface area contributed by atoms with E-state index >= 15 is 0 Å². The number of rotatable bonds is 6. The van der Waals surface area contributed by atoms with Crippen LogP contribution in [0.2, 0.25) is 19.6 Å². The number of aliphatic hydroxyl groups excluding tert-OH is 1. The lowest BCUT2D eigenvalue weighted by Gasteiger charge is -2.10. The van der Waals surface area contributed by atoms with E-state index in [4.69, 9.17) is 0 Å². The van der Waals surface area contributed by atoms with Crippen LogP contribution >= 0.6 is 0 Å². The molecule has 0 aliphatic rings. The number of esters is 1. The van der Waals surface area contributed by atoms with Gasteiger partial charge in [0.25, 0.3) is 0 Å². The Kier molecular flexibility index (Phi) is 6.52. The van der Waals surface area contributed by atoms with Gasteiger partial charge in [-0.1, -0.05) is 31.4 Å². The van der Waals surface area contributed by atoms with Crippen LogP contribution in [-0.2, 0) is 9.53 Å². The van der Waals surface area contributed by atoms with Gasteiger partial charge in [-0.3, -0.25) is 4.79 Å². The van der Waals surface area contributed by atoms with E-state index in [9.17, 15) is 9.90 Å². The molecule has 0 bridgehead atoms. The third-order valence-corrected chi connectivity index (χ3v) is 3.12. The van der Waals surface area contributed by atoms with Crippen LogP contribution in [0.5, 0.6) is 0 Å². The lowest BCUT2D eigenvalue weighted by Crippen LogP contribution is -2.17. The van der Waals surface area contributed by atoms with Gasteiger partial charge in [-0.25, -0.2) is 0 Å². The predicted molar refractivity (Wildman–Crippen MR) is 64.4 cm³/mol. The summed E-state index contributed by atoms with van der Waals surface area (Å²) in [6.07, 6.45) is 3.10. The quantitative estimate of drug-likeness (QED) is 0.561. The van der Waals surface area contributed by atoms with E-state index in [0.717, 1.165) is 0 Å². The summed E-state index contributed by atoms with van der Waals surface area (Å²) in [5.74, 6) is -0.212. The fourth-order valence-electron chi connectivity index (χ4n) is 1.05. The van der Waals surface area contributed by atoms with Crippen molar-refractivity contribution in [1.29, 1.82) is 0 Å². The molecule has 0 aromatic carbocycles. The number of hydrogen-bond donors (Lipinski definition) is 1. The molecule has 4 heteroatoms. The second kappa shape index (κ2) is 6.79. The second-order valence-electron chi connectivity index (χ2n) is 4.76. The Labute approximate surface area is 93.1 Å². The fraction of sp³-hybridized carbons (Fsp3) is 0.727. The first-order chi connectivity index (χ1) is 6.85. The minimum atomic E-state index is -1.22. The molecule has 0 saturated heterocycles. The highest BCUT2D eigenvalue weighted by molar-refractivity contribution is 6.80. The van der Waals surface area contributed by atoms with E-state index in [0.29, 0.717) is 19.3 Å². The van der Waals surface area contributed by atoms with Crippen molar-refractivity contribution in [3.63, 3.8) is 0 Å². The van der Waals surface area contributed by atoms with Gasteiger partial charge in [-0.15, -0.1) is 0 Å². The maximum atomic E-state index is 10.8. The minimum Gasteiger partial charge on any atom is -0.469 e. The summed E-state index contributed by atoms with van der Waals surface area (Å²) >= 11 is 0. The number of methoxy groups -OCH3 is 1. The smallest absolute Gasteiger partial charge is 0.305 e. The largest absolute Gasteiger partial charge is 0.469 e. The number of aliphatic hydroxyl groups is 1. The second-order valence-corrected chi connectivity index (χ2v) is 9.83. The van der Waals surface area contributed by atoms with Gasteiger partial charge in [-0.05, 0) is 12.8 Å². The first-order valence-corrected chi connectivity index (χ1v) is 8.87. The van der Waals surface area contributed by atoms with Crippen LogP contribution in [0.25, 0.3) is 0 Å².